The molecule has 14 heavy (non-hydrogen) atoms. The number of nitrogens with zero attached hydrogens (tertiary/aromatic N) is 1. The van der Waals surface area contributed by atoms with Gasteiger partial charge in [0.25, 0.3) is 5.91 Å². The van der Waals surface area contributed by atoms with Crippen molar-refractivity contribution in [3.63, 3.8) is 0 Å². The molecule has 1 aliphatic heterocycles. The first kappa shape index (κ1) is 9.93. The zero-order valence-corrected chi connectivity index (χ0v) is 8.71. The summed E-state index contributed by atoms with van der Waals surface area (Å²) in [5, 5.41) is 3.24. The minimum absolute atomic E-state index is 0.209. The van der Waals surface area contributed by atoms with E-state index in [0.29, 0.717) is 6.61 Å². The molecular weight excluding hydrogens is 180 g/mol. The Morgan fingerprint density at radius 3 is 2.57 bits per heavy atom. The number of amides is 1. The molecule has 0 spiro atoms. The predicted molar refractivity (Wildman–Crippen MR) is 53.0 cm³/mol. The third-order valence-electron chi connectivity index (χ3n) is 2.92. The summed E-state index contributed by atoms with van der Waals surface area (Å²) in [5.41, 5.74) is -0.425. The molecule has 2 aliphatic rings. The molecule has 4 heteroatoms. The van der Waals surface area contributed by atoms with Crippen LogP contribution in [0, 0.1) is 0 Å². The van der Waals surface area contributed by atoms with Gasteiger partial charge in [0.2, 0.25) is 0 Å². The van der Waals surface area contributed by atoms with Crippen molar-refractivity contribution in [3.8, 4) is 0 Å². The molecule has 4 nitrogen and oxygen atoms in total. The van der Waals surface area contributed by atoms with Crippen molar-refractivity contribution in [2.24, 2.45) is 0 Å². The molecule has 1 heterocycles. The van der Waals surface area contributed by atoms with Crippen LogP contribution < -0.4 is 5.32 Å². The zero-order chi connectivity index (χ0) is 10.0. The van der Waals surface area contributed by atoms with E-state index in [1.54, 1.807) is 0 Å². The Kier molecular flexibility index (Phi) is 2.74. The fourth-order valence-corrected chi connectivity index (χ4v) is 1.97. The highest BCUT2D eigenvalue weighted by Crippen LogP contribution is 2.41. The van der Waals surface area contributed by atoms with Crippen molar-refractivity contribution >= 4 is 5.91 Å². The van der Waals surface area contributed by atoms with Gasteiger partial charge >= 0.3 is 0 Å². The number of rotatable bonds is 3. The van der Waals surface area contributed by atoms with E-state index in [9.17, 15) is 4.79 Å². The molecule has 1 N–H and O–H groups in total. The molecule has 0 atom stereocenters. The normalized spacial score (nSPS) is 24.8. The van der Waals surface area contributed by atoms with Gasteiger partial charge in [-0.25, -0.2) is 0 Å². The third kappa shape index (κ3) is 1.77. The van der Waals surface area contributed by atoms with Gasteiger partial charge in [0.1, 0.15) is 5.60 Å². The lowest BCUT2D eigenvalue weighted by atomic mass is 10.2. The van der Waals surface area contributed by atoms with Gasteiger partial charge in [-0.3, -0.25) is 4.79 Å². The molecule has 0 aromatic carbocycles. The first-order valence-corrected chi connectivity index (χ1v) is 5.42. The van der Waals surface area contributed by atoms with Crippen molar-refractivity contribution < 1.29 is 9.53 Å². The summed E-state index contributed by atoms with van der Waals surface area (Å²) in [4.78, 5) is 14.0. The van der Waals surface area contributed by atoms with E-state index in [2.05, 4.69) is 5.32 Å². The number of piperazine rings is 1. The second-order valence-corrected chi connectivity index (χ2v) is 3.97. The molecule has 0 radical (unpaired) electrons. The molecular formula is C10H18N2O2. The maximum absolute atomic E-state index is 12.0. The van der Waals surface area contributed by atoms with Crippen LogP contribution in [0.3, 0.4) is 0 Å². The second-order valence-electron chi connectivity index (χ2n) is 3.97. The highest BCUT2D eigenvalue weighted by atomic mass is 16.5. The second kappa shape index (κ2) is 3.87. The van der Waals surface area contributed by atoms with Gasteiger partial charge in [0.05, 0.1) is 0 Å². The van der Waals surface area contributed by atoms with Crippen LogP contribution in [0.2, 0.25) is 0 Å². The van der Waals surface area contributed by atoms with Crippen LogP contribution in [-0.2, 0) is 9.53 Å². The molecule has 2 rings (SSSR count). The summed E-state index contributed by atoms with van der Waals surface area (Å²) in [6, 6.07) is 0. The molecule has 1 saturated carbocycles. The van der Waals surface area contributed by atoms with Crippen LogP contribution in [0.1, 0.15) is 19.8 Å². The molecule has 0 aromatic rings. The first-order chi connectivity index (χ1) is 6.78. The lowest BCUT2D eigenvalue weighted by Gasteiger charge is -2.30. The Labute approximate surface area is 84.6 Å². The van der Waals surface area contributed by atoms with E-state index < -0.39 is 5.60 Å². The van der Waals surface area contributed by atoms with Gasteiger partial charge in [-0.1, -0.05) is 0 Å². The van der Waals surface area contributed by atoms with Crippen molar-refractivity contribution in [1.29, 1.82) is 0 Å². The fraction of sp³-hybridized carbons (Fsp3) is 0.900. The standard InChI is InChI=1S/C10H18N2O2/c1-2-14-10(3-4-10)9(13)12-7-5-11-6-8-12/h11H,2-8H2,1H3. The molecule has 2 fully saturated rings. The maximum atomic E-state index is 12.0. The minimum atomic E-state index is -0.425. The van der Waals surface area contributed by atoms with Crippen LogP contribution >= 0.6 is 0 Å². The van der Waals surface area contributed by atoms with Gasteiger partial charge in [0, 0.05) is 32.8 Å². The molecule has 0 unspecified atom stereocenters. The van der Waals surface area contributed by atoms with Gasteiger partial charge in [0.15, 0.2) is 0 Å². The van der Waals surface area contributed by atoms with E-state index in [1.165, 1.54) is 0 Å². The third-order valence-corrected chi connectivity index (χ3v) is 2.92. The maximum Gasteiger partial charge on any atom is 0.254 e. The van der Waals surface area contributed by atoms with Crippen LogP contribution in [-0.4, -0.2) is 49.2 Å². The number of nitrogens with one attached hydrogen (secondary N) is 1. The number of carbonyl (C=O) groups excluding carboxylic acids is 1. The highest BCUT2D eigenvalue weighted by Gasteiger charge is 2.52. The van der Waals surface area contributed by atoms with Crippen LogP contribution in [0.5, 0.6) is 0 Å². The van der Waals surface area contributed by atoms with E-state index in [-0.39, 0.29) is 5.91 Å². The Morgan fingerprint density at radius 1 is 1.43 bits per heavy atom. The first-order valence-electron chi connectivity index (χ1n) is 5.42. The number of hydrogen-bond acceptors (Lipinski definition) is 3. The topological polar surface area (TPSA) is 41.6 Å². The molecule has 80 valence electrons. The monoisotopic (exact) mass is 198 g/mol. The summed E-state index contributed by atoms with van der Waals surface area (Å²) in [6.45, 7) is 6.06. The summed E-state index contributed by atoms with van der Waals surface area (Å²) in [6.07, 6.45) is 1.81. The molecule has 0 bridgehead atoms. The molecule has 1 saturated heterocycles. The average molecular weight is 198 g/mol. The number of hydrogen-bond donors (Lipinski definition) is 1. The van der Waals surface area contributed by atoms with Crippen molar-refractivity contribution in [3.05, 3.63) is 0 Å². The lowest BCUT2D eigenvalue weighted by molar-refractivity contribution is -0.147. The Morgan fingerprint density at radius 2 is 2.07 bits per heavy atom. The van der Waals surface area contributed by atoms with Gasteiger partial charge in [-0.05, 0) is 19.8 Å². The summed E-state index contributed by atoms with van der Waals surface area (Å²) >= 11 is 0. The van der Waals surface area contributed by atoms with Crippen LogP contribution in [0.25, 0.3) is 0 Å². The zero-order valence-electron chi connectivity index (χ0n) is 8.71. The highest BCUT2D eigenvalue weighted by molar-refractivity contribution is 5.88. The lowest BCUT2D eigenvalue weighted by Crippen LogP contribution is -2.51. The summed E-state index contributed by atoms with van der Waals surface area (Å²) < 4.78 is 5.54. The van der Waals surface area contributed by atoms with Crippen molar-refractivity contribution in [2.45, 2.75) is 25.4 Å². The SMILES string of the molecule is CCOC1(C(=O)N2CCNCC2)CC1. The van der Waals surface area contributed by atoms with Gasteiger partial charge in [-0.2, -0.15) is 0 Å². The average Bonchev–Trinajstić information content (AvgIpc) is 3.00. The van der Waals surface area contributed by atoms with E-state index in [1.807, 2.05) is 11.8 Å². The Hall–Kier alpha value is -0.610. The molecule has 1 aliphatic carbocycles. The number of ether oxygens (including phenoxy) is 1. The number of carbonyl (C=O) groups is 1. The smallest absolute Gasteiger partial charge is 0.254 e. The van der Waals surface area contributed by atoms with Crippen molar-refractivity contribution in [2.75, 3.05) is 32.8 Å². The van der Waals surface area contributed by atoms with E-state index in [0.717, 1.165) is 39.0 Å². The van der Waals surface area contributed by atoms with Gasteiger partial charge in [-0.15, -0.1) is 0 Å². The van der Waals surface area contributed by atoms with Crippen molar-refractivity contribution in [1.82, 2.24) is 10.2 Å². The predicted octanol–water partition coefficient (Wildman–Crippen LogP) is -0.0127. The minimum Gasteiger partial charge on any atom is -0.365 e. The summed E-state index contributed by atoms with van der Waals surface area (Å²) in [5.74, 6) is 0.209. The largest absolute Gasteiger partial charge is 0.365 e. The fourth-order valence-electron chi connectivity index (χ4n) is 1.97. The molecule has 0 aromatic heterocycles. The van der Waals surface area contributed by atoms with E-state index in [4.69, 9.17) is 4.74 Å². The van der Waals surface area contributed by atoms with Gasteiger partial charge < -0.3 is 15.0 Å². The van der Waals surface area contributed by atoms with Crippen LogP contribution in [0.15, 0.2) is 0 Å². The Bertz CT molecular complexity index is 220. The molecule has 1 amide bonds. The Balaban J connectivity index is 1.93. The quantitative estimate of drug-likeness (QED) is 0.693. The summed E-state index contributed by atoms with van der Waals surface area (Å²) in [7, 11) is 0. The van der Waals surface area contributed by atoms with E-state index >= 15 is 0 Å². The van der Waals surface area contributed by atoms with Crippen LogP contribution in [0.4, 0.5) is 0 Å².